The average molecular weight is 268 g/mol. The van der Waals surface area contributed by atoms with Crippen molar-refractivity contribution in [3.8, 4) is 5.75 Å². The molecule has 0 heterocycles. The van der Waals surface area contributed by atoms with Gasteiger partial charge in [0.2, 0.25) is 0 Å². The number of hydrogen-bond donors (Lipinski definition) is 2. The lowest BCUT2D eigenvalue weighted by Crippen LogP contribution is -2.39. The van der Waals surface area contributed by atoms with Crippen LogP contribution in [0.5, 0.6) is 5.75 Å². The van der Waals surface area contributed by atoms with E-state index in [1.54, 1.807) is 18.0 Å². The molecule has 0 spiro atoms. The van der Waals surface area contributed by atoms with Crippen LogP contribution in [-0.2, 0) is 0 Å². The maximum Gasteiger partial charge on any atom is 0.148 e. The van der Waals surface area contributed by atoms with Crippen LogP contribution in [0.25, 0.3) is 0 Å². The molecule has 0 bridgehead atoms. The monoisotopic (exact) mass is 268 g/mol. The summed E-state index contributed by atoms with van der Waals surface area (Å²) in [6, 6.07) is 2.83. The van der Waals surface area contributed by atoms with Crippen LogP contribution in [0.3, 0.4) is 0 Å². The topological polar surface area (TPSA) is 58.7 Å². The van der Waals surface area contributed by atoms with Crippen molar-refractivity contribution in [3.05, 3.63) is 17.9 Å². The van der Waals surface area contributed by atoms with Crippen molar-refractivity contribution >= 4 is 11.4 Å². The van der Waals surface area contributed by atoms with E-state index in [4.69, 9.17) is 10.5 Å². The van der Waals surface area contributed by atoms with Crippen LogP contribution >= 0.6 is 0 Å². The normalized spacial score (nSPS) is 17.5. The molecule has 4 nitrogen and oxygen atoms in total. The van der Waals surface area contributed by atoms with Gasteiger partial charge in [0.15, 0.2) is 0 Å². The van der Waals surface area contributed by atoms with E-state index >= 15 is 0 Å². The van der Waals surface area contributed by atoms with Gasteiger partial charge in [-0.1, -0.05) is 12.8 Å². The Kier molecular flexibility index (Phi) is 3.85. The highest BCUT2D eigenvalue weighted by molar-refractivity contribution is 5.63. The minimum atomic E-state index is -0.712. The summed E-state index contributed by atoms with van der Waals surface area (Å²) in [5.74, 6) is 0.0454. The Bertz CT molecular complexity index is 459. The largest absolute Gasteiger partial charge is 0.495 e. The zero-order chi connectivity index (χ0) is 14.0. The number of nitrogens with zero attached hydrogens (tertiary/aromatic N) is 1. The third-order valence-electron chi connectivity index (χ3n) is 3.78. The van der Waals surface area contributed by atoms with Gasteiger partial charge in [-0.2, -0.15) is 0 Å². The third-order valence-corrected chi connectivity index (χ3v) is 3.78. The molecule has 0 radical (unpaired) electrons. The van der Waals surface area contributed by atoms with Crippen LogP contribution in [0, 0.1) is 5.82 Å². The van der Waals surface area contributed by atoms with Gasteiger partial charge in [-0.15, -0.1) is 0 Å². The molecule has 0 aliphatic heterocycles. The van der Waals surface area contributed by atoms with Crippen molar-refractivity contribution in [2.75, 3.05) is 31.3 Å². The lowest BCUT2D eigenvalue weighted by Gasteiger charge is -2.30. The fourth-order valence-corrected chi connectivity index (χ4v) is 2.75. The van der Waals surface area contributed by atoms with E-state index in [0.29, 0.717) is 18.0 Å². The summed E-state index contributed by atoms with van der Waals surface area (Å²) in [7, 11) is 3.27. The van der Waals surface area contributed by atoms with Gasteiger partial charge >= 0.3 is 0 Å². The van der Waals surface area contributed by atoms with E-state index in [-0.39, 0.29) is 5.69 Å². The number of aliphatic hydroxyl groups is 1. The van der Waals surface area contributed by atoms with Crippen molar-refractivity contribution in [2.45, 2.75) is 31.3 Å². The number of rotatable bonds is 4. The molecule has 2 rings (SSSR count). The molecule has 0 atom stereocenters. The molecular weight excluding hydrogens is 247 g/mol. The predicted molar refractivity (Wildman–Crippen MR) is 74.1 cm³/mol. The number of nitrogens with two attached hydrogens (primary N) is 1. The van der Waals surface area contributed by atoms with Gasteiger partial charge < -0.3 is 20.5 Å². The molecule has 3 N–H and O–H groups in total. The zero-order valence-corrected chi connectivity index (χ0v) is 11.4. The summed E-state index contributed by atoms with van der Waals surface area (Å²) in [5, 5.41) is 10.4. The number of hydrogen-bond acceptors (Lipinski definition) is 4. The quantitative estimate of drug-likeness (QED) is 0.822. The number of benzene rings is 1. The van der Waals surface area contributed by atoms with Crippen LogP contribution in [-0.4, -0.2) is 31.4 Å². The average Bonchev–Trinajstić information content (AvgIpc) is 2.75. The summed E-state index contributed by atoms with van der Waals surface area (Å²) in [6.07, 6.45) is 3.59. The first-order chi connectivity index (χ1) is 8.95. The Morgan fingerprint density at radius 1 is 1.42 bits per heavy atom. The third kappa shape index (κ3) is 2.92. The Balaban J connectivity index is 2.20. The maximum atomic E-state index is 14.0. The number of anilines is 2. The molecule has 5 heteroatoms. The SMILES string of the molecule is COc1cc(N(C)CC2(O)CCCC2)c(F)cc1N. The molecule has 106 valence electrons. The molecular formula is C14H21FN2O2. The second kappa shape index (κ2) is 5.25. The molecule has 1 fully saturated rings. The molecule has 0 saturated heterocycles. The number of ether oxygens (including phenoxy) is 1. The lowest BCUT2D eigenvalue weighted by molar-refractivity contribution is 0.0558. The molecule has 1 saturated carbocycles. The summed E-state index contributed by atoms with van der Waals surface area (Å²) >= 11 is 0. The first kappa shape index (κ1) is 13.9. The molecule has 1 aromatic carbocycles. The van der Waals surface area contributed by atoms with E-state index in [9.17, 15) is 9.50 Å². The molecule has 1 aliphatic carbocycles. The summed E-state index contributed by atoms with van der Waals surface area (Å²) in [6.45, 7) is 0.414. The molecule has 19 heavy (non-hydrogen) atoms. The maximum absolute atomic E-state index is 14.0. The summed E-state index contributed by atoms with van der Waals surface area (Å²) in [5.41, 5.74) is 5.61. The van der Waals surface area contributed by atoms with Gasteiger partial charge in [-0.3, -0.25) is 0 Å². The predicted octanol–water partition coefficient (Wildman–Crippen LogP) is 2.16. The second-order valence-corrected chi connectivity index (χ2v) is 5.33. The van der Waals surface area contributed by atoms with E-state index in [1.165, 1.54) is 13.2 Å². The number of halogens is 1. The zero-order valence-electron chi connectivity index (χ0n) is 11.4. The summed E-state index contributed by atoms with van der Waals surface area (Å²) < 4.78 is 19.1. The van der Waals surface area contributed by atoms with Crippen molar-refractivity contribution in [3.63, 3.8) is 0 Å². The standard InChI is InChI=1S/C14H21FN2O2/c1-17(9-14(18)5-3-4-6-14)12-8-13(19-2)11(16)7-10(12)15/h7-8,18H,3-6,9,16H2,1-2H3. The van der Waals surface area contributed by atoms with Crippen molar-refractivity contribution in [1.82, 2.24) is 0 Å². The highest BCUT2D eigenvalue weighted by Gasteiger charge is 2.32. The van der Waals surface area contributed by atoms with Crippen molar-refractivity contribution in [1.29, 1.82) is 0 Å². The highest BCUT2D eigenvalue weighted by Crippen LogP contribution is 2.34. The highest BCUT2D eigenvalue weighted by atomic mass is 19.1. The van der Waals surface area contributed by atoms with Gasteiger partial charge in [-0.05, 0) is 12.8 Å². The van der Waals surface area contributed by atoms with Crippen LogP contribution in [0.4, 0.5) is 15.8 Å². The van der Waals surface area contributed by atoms with Crippen molar-refractivity contribution < 1.29 is 14.2 Å². The molecule has 1 aromatic rings. The number of likely N-dealkylation sites (N-methyl/N-ethyl adjacent to an activating group) is 1. The van der Waals surface area contributed by atoms with Gasteiger partial charge in [0.05, 0.1) is 24.1 Å². The Morgan fingerprint density at radius 2 is 2.05 bits per heavy atom. The van der Waals surface area contributed by atoms with Crippen LogP contribution < -0.4 is 15.4 Å². The van der Waals surface area contributed by atoms with Crippen LogP contribution in [0.2, 0.25) is 0 Å². The van der Waals surface area contributed by atoms with Gasteiger partial charge in [0.1, 0.15) is 11.6 Å². The van der Waals surface area contributed by atoms with E-state index < -0.39 is 11.4 Å². The van der Waals surface area contributed by atoms with E-state index in [2.05, 4.69) is 0 Å². The van der Waals surface area contributed by atoms with Crippen LogP contribution in [0.1, 0.15) is 25.7 Å². The Morgan fingerprint density at radius 3 is 2.63 bits per heavy atom. The summed E-state index contributed by atoms with van der Waals surface area (Å²) in [4.78, 5) is 1.72. The molecule has 0 aromatic heterocycles. The van der Waals surface area contributed by atoms with E-state index in [1.807, 2.05) is 0 Å². The fraction of sp³-hybridized carbons (Fsp3) is 0.571. The van der Waals surface area contributed by atoms with Gasteiger partial charge in [0, 0.05) is 25.7 Å². The molecule has 1 aliphatic rings. The Hall–Kier alpha value is -1.49. The van der Waals surface area contributed by atoms with Crippen molar-refractivity contribution in [2.24, 2.45) is 0 Å². The minimum Gasteiger partial charge on any atom is -0.495 e. The fourth-order valence-electron chi connectivity index (χ4n) is 2.75. The van der Waals surface area contributed by atoms with Gasteiger partial charge in [-0.25, -0.2) is 4.39 Å². The molecule has 0 amide bonds. The number of methoxy groups -OCH3 is 1. The number of nitrogen functional groups attached to an aromatic ring is 1. The van der Waals surface area contributed by atoms with Crippen LogP contribution in [0.15, 0.2) is 12.1 Å². The minimum absolute atomic E-state index is 0.275. The Labute approximate surface area is 113 Å². The second-order valence-electron chi connectivity index (χ2n) is 5.33. The van der Waals surface area contributed by atoms with E-state index in [0.717, 1.165) is 25.7 Å². The molecule has 0 unspecified atom stereocenters. The lowest BCUT2D eigenvalue weighted by atomic mass is 10.0. The van der Waals surface area contributed by atoms with Gasteiger partial charge in [0.25, 0.3) is 0 Å². The smallest absolute Gasteiger partial charge is 0.148 e. The first-order valence-electron chi connectivity index (χ1n) is 6.52. The first-order valence-corrected chi connectivity index (χ1v) is 6.52.